The largest absolute Gasteiger partial charge is 0.479 e. The van der Waals surface area contributed by atoms with Crippen LogP contribution in [0.4, 0.5) is 5.69 Å². The van der Waals surface area contributed by atoms with Gasteiger partial charge in [0.25, 0.3) is 0 Å². The van der Waals surface area contributed by atoms with E-state index in [-0.39, 0.29) is 18.0 Å². The molecule has 1 aliphatic heterocycles. The van der Waals surface area contributed by atoms with Crippen LogP contribution in [0.2, 0.25) is 0 Å². The summed E-state index contributed by atoms with van der Waals surface area (Å²) in [6, 6.07) is 4.43. The lowest BCUT2D eigenvalue weighted by Gasteiger charge is -2.38. The van der Waals surface area contributed by atoms with Crippen molar-refractivity contribution in [3.05, 3.63) is 23.8 Å². The van der Waals surface area contributed by atoms with E-state index < -0.39 is 42.6 Å². The number of ether oxygens (including phenoxy) is 3. The van der Waals surface area contributed by atoms with E-state index in [4.69, 9.17) is 25.1 Å². The van der Waals surface area contributed by atoms with Gasteiger partial charge < -0.3 is 40.4 Å². The van der Waals surface area contributed by atoms with Gasteiger partial charge in [-0.15, -0.1) is 0 Å². The molecule has 1 aromatic rings. The van der Waals surface area contributed by atoms with Crippen molar-refractivity contribution in [1.29, 1.82) is 0 Å². The van der Waals surface area contributed by atoms with Crippen LogP contribution in [-0.2, 0) is 25.7 Å². The molecule has 0 aromatic heterocycles. The van der Waals surface area contributed by atoms with Gasteiger partial charge in [0.15, 0.2) is 6.10 Å². The Kier molecular flexibility index (Phi) is 5.80. The van der Waals surface area contributed by atoms with E-state index in [0.717, 1.165) is 0 Å². The molecule has 0 radical (unpaired) electrons. The molecule has 0 aliphatic carbocycles. The summed E-state index contributed by atoms with van der Waals surface area (Å²) in [5.41, 5.74) is 6.52. The molecule has 1 aliphatic rings. The van der Waals surface area contributed by atoms with E-state index in [1.54, 1.807) is 6.07 Å². The smallest absolute Gasteiger partial charge is 0.335 e. The van der Waals surface area contributed by atoms with Crippen LogP contribution in [0.1, 0.15) is 12.5 Å². The molecule has 0 saturated carbocycles. The van der Waals surface area contributed by atoms with Gasteiger partial charge in [-0.3, -0.25) is 4.79 Å². The number of carbonyl (C=O) groups is 2. The highest BCUT2D eigenvalue weighted by Crippen LogP contribution is 2.29. The minimum Gasteiger partial charge on any atom is -0.479 e. The van der Waals surface area contributed by atoms with Gasteiger partial charge in [0.1, 0.15) is 30.7 Å². The third kappa shape index (κ3) is 4.37. The number of hydrogen-bond acceptors (Lipinski definition) is 9. The number of aliphatic hydroxyl groups is 3. The van der Waals surface area contributed by atoms with Gasteiger partial charge in [-0.1, -0.05) is 6.07 Å². The van der Waals surface area contributed by atoms with Crippen LogP contribution in [0, 0.1) is 0 Å². The van der Waals surface area contributed by atoms with E-state index in [0.29, 0.717) is 5.56 Å². The maximum absolute atomic E-state index is 11.1. The van der Waals surface area contributed by atoms with Crippen molar-refractivity contribution in [1.82, 2.24) is 0 Å². The van der Waals surface area contributed by atoms with Gasteiger partial charge in [0.05, 0.1) is 5.69 Å². The summed E-state index contributed by atoms with van der Waals surface area (Å²) in [5, 5.41) is 38.3. The lowest BCUT2D eigenvalue weighted by Crippen LogP contribution is -2.61. The SMILES string of the molecule is CC(=O)OCc1ccc(O[C@@H]2O[C@H](C(=O)O)[C@@H](O)[C@H](O)[C@H]2O)c(N)c1. The molecule has 1 saturated heterocycles. The van der Waals surface area contributed by atoms with Gasteiger partial charge in [-0.25, -0.2) is 4.79 Å². The number of carboxylic acids is 1. The van der Waals surface area contributed by atoms with Crippen LogP contribution >= 0.6 is 0 Å². The lowest BCUT2D eigenvalue weighted by atomic mass is 9.99. The van der Waals surface area contributed by atoms with E-state index >= 15 is 0 Å². The molecule has 2 rings (SSSR count). The van der Waals surface area contributed by atoms with Gasteiger partial charge in [-0.2, -0.15) is 0 Å². The van der Waals surface area contributed by atoms with Crippen molar-refractivity contribution < 1.29 is 44.2 Å². The van der Waals surface area contributed by atoms with Crippen molar-refractivity contribution in [3.63, 3.8) is 0 Å². The number of carboxylic acid groups (broad SMARTS) is 1. The highest BCUT2D eigenvalue weighted by molar-refractivity contribution is 5.73. The van der Waals surface area contributed by atoms with Gasteiger partial charge >= 0.3 is 11.9 Å². The molecule has 10 heteroatoms. The molecule has 1 aromatic carbocycles. The van der Waals surface area contributed by atoms with Crippen molar-refractivity contribution in [2.24, 2.45) is 0 Å². The standard InChI is InChI=1S/C15H19NO9/c1-6(17)23-5-7-2-3-9(8(16)4-7)24-15-12(20)10(18)11(19)13(25-15)14(21)22/h2-4,10-13,15,18-20H,5,16H2,1H3,(H,21,22)/t10-,11-,12+,13-,15+/m0/s1. The van der Waals surface area contributed by atoms with Gasteiger partial charge in [-0.05, 0) is 17.7 Å². The van der Waals surface area contributed by atoms with Crippen LogP contribution in [0.5, 0.6) is 5.75 Å². The normalized spacial score (nSPS) is 29.0. The first-order chi connectivity index (χ1) is 11.7. The van der Waals surface area contributed by atoms with Crippen molar-refractivity contribution in [3.8, 4) is 5.75 Å². The first kappa shape index (κ1) is 18.9. The molecule has 5 atom stereocenters. The zero-order valence-electron chi connectivity index (χ0n) is 13.2. The second-order valence-corrected chi connectivity index (χ2v) is 5.51. The van der Waals surface area contributed by atoms with Crippen molar-refractivity contribution >= 4 is 17.6 Å². The number of carbonyl (C=O) groups excluding carboxylic acids is 1. The summed E-state index contributed by atoms with van der Waals surface area (Å²) in [6.07, 6.45) is -8.60. The Hall–Kier alpha value is -2.40. The summed E-state index contributed by atoms with van der Waals surface area (Å²) < 4.78 is 15.2. The minimum atomic E-state index is -1.81. The summed E-state index contributed by atoms with van der Waals surface area (Å²) in [5.74, 6) is -1.91. The fraction of sp³-hybridized carbons (Fsp3) is 0.467. The first-order valence-electron chi connectivity index (χ1n) is 7.31. The number of nitrogen functional groups attached to an aromatic ring is 1. The molecule has 1 heterocycles. The number of nitrogens with two attached hydrogens (primary N) is 1. The maximum Gasteiger partial charge on any atom is 0.335 e. The monoisotopic (exact) mass is 357 g/mol. The molecule has 0 spiro atoms. The number of aliphatic hydroxyl groups excluding tert-OH is 3. The van der Waals surface area contributed by atoms with Gasteiger partial charge in [0.2, 0.25) is 6.29 Å². The second kappa shape index (κ2) is 7.66. The van der Waals surface area contributed by atoms with Crippen LogP contribution in [0.3, 0.4) is 0 Å². The second-order valence-electron chi connectivity index (χ2n) is 5.51. The van der Waals surface area contributed by atoms with E-state index in [9.17, 15) is 24.9 Å². The fourth-order valence-electron chi connectivity index (χ4n) is 2.25. The van der Waals surface area contributed by atoms with E-state index in [1.165, 1.54) is 19.1 Å². The Balaban J connectivity index is 2.12. The Bertz CT molecular complexity index is 650. The quantitative estimate of drug-likeness (QED) is 0.312. The molecule has 25 heavy (non-hydrogen) atoms. The zero-order chi connectivity index (χ0) is 18.7. The highest BCUT2D eigenvalue weighted by Gasteiger charge is 2.48. The molecule has 0 unspecified atom stereocenters. The number of hydrogen-bond donors (Lipinski definition) is 5. The molecule has 0 bridgehead atoms. The molecule has 0 amide bonds. The average Bonchev–Trinajstić information content (AvgIpc) is 2.54. The Morgan fingerprint density at radius 1 is 1.20 bits per heavy atom. The minimum absolute atomic E-state index is 0.00830. The molecule has 6 N–H and O–H groups in total. The fourth-order valence-corrected chi connectivity index (χ4v) is 2.25. The summed E-state index contributed by atoms with van der Waals surface area (Å²) in [7, 11) is 0. The summed E-state index contributed by atoms with van der Waals surface area (Å²) >= 11 is 0. The number of aliphatic carboxylic acids is 1. The summed E-state index contributed by atoms with van der Waals surface area (Å²) in [6.45, 7) is 1.27. The van der Waals surface area contributed by atoms with Crippen LogP contribution in [0.25, 0.3) is 0 Å². The lowest BCUT2D eigenvalue weighted by molar-refractivity contribution is -0.271. The number of anilines is 1. The molecule has 1 fully saturated rings. The van der Waals surface area contributed by atoms with Crippen LogP contribution in [-0.4, -0.2) is 63.1 Å². The third-order valence-corrected chi connectivity index (χ3v) is 3.57. The molecular weight excluding hydrogens is 338 g/mol. The van der Waals surface area contributed by atoms with Crippen molar-refractivity contribution in [2.45, 2.75) is 44.2 Å². The number of benzene rings is 1. The van der Waals surface area contributed by atoms with E-state index in [2.05, 4.69) is 0 Å². The average molecular weight is 357 g/mol. The predicted molar refractivity (Wildman–Crippen MR) is 81.3 cm³/mol. The molecule has 138 valence electrons. The topological polar surface area (TPSA) is 169 Å². The van der Waals surface area contributed by atoms with Gasteiger partial charge in [0, 0.05) is 6.92 Å². The van der Waals surface area contributed by atoms with E-state index in [1.807, 2.05) is 0 Å². The predicted octanol–water partition coefficient (Wildman–Crippen LogP) is -1.40. The zero-order valence-corrected chi connectivity index (χ0v) is 13.2. The Labute approximate surface area is 142 Å². The number of rotatable bonds is 5. The maximum atomic E-state index is 11.1. The highest BCUT2D eigenvalue weighted by atomic mass is 16.7. The summed E-state index contributed by atoms with van der Waals surface area (Å²) in [4.78, 5) is 21.9. The molecular formula is C15H19NO9. The van der Waals surface area contributed by atoms with Crippen LogP contribution < -0.4 is 10.5 Å². The molecule has 10 nitrogen and oxygen atoms in total. The Morgan fingerprint density at radius 2 is 1.88 bits per heavy atom. The van der Waals surface area contributed by atoms with Crippen molar-refractivity contribution in [2.75, 3.05) is 5.73 Å². The van der Waals surface area contributed by atoms with Crippen LogP contribution in [0.15, 0.2) is 18.2 Å². The first-order valence-corrected chi connectivity index (χ1v) is 7.31. The third-order valence-electron chi connectivity index (χ3n) is 3.57. The number of esters is 1. The Morgan fingerprint density at radius 3 is 2.44 bits per heavy atom.